The van der Waals surface area contributed by atoms with E-state index in [-0.39, 0.29) is 6.17 Å². The first-order valence-electron chi connectivity index (χ1n) is 17.2. The molecule has 4 heterocycles. The van der Waals surface area contributed by atoms with Crippen LogP contribution in [0.15, 0.2) is 174 Å². The Balaban J connectivity index is 1.37. The van der Waals surface area contributed by atoms with Crippen LogP contribution in [0.4, 0.5) is 0 Å². The molecule has 3 aromatic heterocycles. The average molecular weight is 672 g/mol. The van der Waals surface area contributed by atoms with Crippen LogP contribution in [0, 0.1) is 0 Å². The quantitative estimate of drug-likeness (QED) is 0.200. The van der Waals surface area contributed by atoms with E-state index in [9.17, 15) is 0 Å². The minimum absolute atomic E-state index is 0.317. The monoisotopic (exact) mass is 671 g/mol. The minimum Gasteiger partial charge on any atom is -0.344 e. The number of benzene rings is 7. The number of aromatic nitrogens is 2. The van der Waals surface area contributed by atoms with Crippen molar-refractivity contribution in [3.63, 3.8) is 0 Å². The van der Waals surface area contributed by atoms with Crippen LogP contribution in [0.2, 0.25) is 0 Å². The molecule has 0 aliphatic carbocycles. The smallest absolute Gasteiger partial charge is 0.234 e. The maximum atomic E-state index is 5.41. The SMILES string of the molecule is c1ccc(C2=NC(n3c4ccccc4c4c3c3sc5ccccc5c3c3c5ccccc5n(-c5ccccc5)c34)=NC(c3ccccc3)N2)cc1. The van der Waals surface area contributed by atoms with Crippen LogP contribution in [0.1, 0.15) is 17.3 Å². The Hall–Kier alpha value is -6.50. The number of fused-ring (bicyclic) bond motifs is 12. The van der Waals surface area contributed by atoms with Gasteiger partial charge < -0.3 is 9.88 Å². The van der Waals surface area contributed by atoms with Gasteiger partial charge in [0.05, 0.1) is 26.8 Å². The molecule has 0 spiro atoms. The summed E-state index contributed by atoms with van der Waals surface area (Å²) >= 11 is 1.86. The van der Waals surface area contributed by atoms with Crippen LogP contribution >= 0.6 is 11.3 Å². The number of thiophene rings is 1. The highest BCUT2D eigenvalue weighted by molar-refractivity contribution is 7.27. The summed E-state index contributed by atoms with van der Waals surface area (Å²) in [4.78, 5) is 10.8. The summed E-state index contributed by atoms with van der Waals surface area (Å²) in [5, 5.41) is 11.1. The fraction of sp³-hybridized carbons (Fsp3) is 0.0222. The molecule has 240 valence electrons. The Morgan fingerprint density at radius 3 is 1.84 bits per heavy atom. The maximum absolute atomic E-state index is 5.41. The van der Waals surface area contributed by atoms with Crippen LogP contribution < -0.4 is 5.32 Å². The number of nitrogens with one attached hydrogen (secondary N) is 1. The van der Waals surface area contributed by atoms with Gasteiger partial charge in [-0.05, 0) is 35.9 Å². The zero-order valence-corrected chi connectivity index (χ0v) is 28.2. The van der Waals surface area contributed by atoms with Gasteiger partial charge in [-0.15, -0.1) is 11.3 Å². The summed E-state index contributed by atoms with van der Waals surface area (Å²) in [6.07, 6.45) is -0.317. The second-order valence-corrected chi connectivity index (χ2v) is 14.1. The standard InChI is InChI=1S/C45H29N5S/c1-4-16-28(17-5-1)43-46-44(29-18-6-2-7-19-29)48-45(47-43)50-35-26-14-11-23-32(35)39-40-37(38-33-24-12-15-27-36(33)51-42(38)41(39)50)31-22-10-13-25-34(31)49(40)30-20-8-3-9-21-30/h1-27,43H,(H,46,47,48). The molecule has 1 N–H and O–H groups in total. The third-order valence-electron chi connectivity index (χ3n) is 10.2. The molecule has 6 heteroatoms. The molecule has 1 atom stereocenters. The normalized spacial score (nSPS) is 14.9. The third-order valence-corrected chi connectivity index (χ3v) is 11.3. The molecule has 0 fully saturated rings. The molecule has 0 saturated heterocycles. The van der Waals surface area contributed by atoms with Crippen LogP contribution in [0.3, 0.4) is 0 Å². The molecule has 0 amide bonds. The molecule has 1 aliphatic heterocycles. The predicted molar refractivity (Wildman–Crippen MR) is 215 cm³/mol. The number of aliphatic imine (C=N–C) groups is 2. The minimum atomic E-state index is -0.317. The number of para-hydroxylation sites is 3. The van der Waals surface area contributed by atoms with Crippen molar-refractivity contribution in [1.29, 1.82) is 0 Å². The van der Waals surface area contributed by atoms with Gasteiger partial charge in [-0.2, -0.15) is 4.99 Å². The van der Waals surface area contributed by atoms with E-state index < -0.39 is 0 Å². The molecular weight excluding hydrogens is 643 g/mol. The van der Waals surface area contributed by atoms with E-state index in [1.807, 2.05) is 23.5 Å². The van der Waals surface area contributed by atoms with Gasteiger partial charge in [-0.3, -0.25) is 4.57 Å². The van der Waals surface area contributed by atoms with Gasteiger partial charge in [0.25, 0.3) is 0 Å². The predicted octanol–water partition coefficient (Wildman–Crippen LogP) is 11.2. The van der Waals surface area contributed by atoms with E-state index in [4.69, 9.17) is 9.98 Å². The first kappa shape index (κ1) is 28.3. The van der Waals surface area contributed by atoms with Crippen LogP contribution in [-0.2, 0) is 0 Å². The highest BCUT2D eigenvalue weighted by Crippen LogP contribution is 2.50. The van der Waals surface area contributed by atoms with E-state index in [0.29, 0.717) is 5.96 Å². The summed E-state index contributed by atoms with van der Waals surface area (Å²) in [6.45, 7) is 0. The third kappa shape index (κ3) is 4.14. The second-order valence-electron chi connectivity index (χ2n) is 13.0. The number of rotatable bonds is 3. The number of hydrogen-bond donors (Lipinski definition) is 1. The molecular formula is C45H29N5S. The summed E-state index contributed by atoms with van der Waals surface area (Å²) < 4.78 is 7.29. The van der Waals surface area contributed by atoms with Gasteiger partial charge in [-0.1, -0.05) is 133 Å². The number of amidine groups is 1. The Bertz CT molecular complexity index is 3040. The Morgan fingerprint density at radius 2 is 1.10 bits per heavy atom. The van der Waals surface area contributed by atoms with Gasteiger partial charge in [0.1, 0.15) is 12.0 Å². The van der Waals surface area contributed by atoms with Crippen molar-refractivity contribution in [3.05, 3.63) is 175 Å². The topological polar surface area (TPSA) is 46.6 Å². The van der Waals surface area contributed by atoms with Crippen molar-refractivity contribution in [2.75, 3.05) is 0 Å². The molecule has 11 rings (SSSR count). The molecule has 51 heavy (non-hydrogen) atoms. The zero-order valence-electron chi connectivity index (χ0n) is 27.4. The molecule has 0 saturated carbocycles. The van der Waals surface area contributed by atoms with Crippen molar-refractivity contribution in [2.45, 2.75) is 6.17 Å². The summed E-state index contributed by atoms with van der Waals surface area (Å²) in [7, 11) is 0. The lowest BCUT2D eigenvalue weighted by Crippen LogP contribution is -2.35. The van der Waals surface area contributed by atoms with Gasteiger partial charge in [0.15, 0.2) is 0 Å². The van der Waals surface area contributed by atoms with E-state index in [2.05, 4.69) is 166 Å². The second kappa shape index (κ2) is 11.0. The lowest BCUT2D eigenvalue weighted by Gasteiger charge is -2.24. The van der Waals surface area contributed by atoms with Gasteiger partial charge in [-0.25, -0.2) is 4.99 Å². The van der Waals surface area contributed by atoms with Crippen LogP contribution in [-0.4, -0.2) is 20.9 Å². The van der Waals surface area contributed by atoms with Crippen molar-refractivity contribution >= 4 is 86.9 Å². The molecule has 1 aliphatic rings. The summed E-state index contributed by atoms with van der Waals surface area (Å²) in [6, 6.07) is 58.0. The molecule has 10 aromatic rings. The lowest BCUT2D eigenvalue weighted by atomic mass is 10.0. The lowest BCUT2D eigenvalue weighted by molar-refractivity contribution is 0.668. The van der Waals surface area contributed by atoms with Gasteiger partial charge >= 0.3 is 0 Å². The Morgan fingerprint density at radius 1 is 0.510 bits per heavy atom. The fourth-order valence-corrected chi connectivity index (χ4v) is 9.27. The van der Waals surface area contributed by atoms with E-state index >= 15 is 0 Å². The number of hydrogen-bond acceptors (Lipinski definition) is 4. The van der Waals surface area contributed by atoms with Crippen LogP contribution in [0.25, 0.3) is 69.5 Å². The van der Waals surface area contributed by atoms with E-state index in [1.165, 1.54) is 52.8 Å². The first-order chi connectivity index (χ1) is 25.3. The van der Waals surface area contributed by atoms with Crippen LogP contribution in [0.5, 0.6) is 0 Å². The van der Waals surface area contributed by atoms with E-state index in [0.717, 1.165) is 33.7 Å². The first-order valence-corrected chi connectivity index (χ1v) is 18.0. The number of nitrogens with zero attached hydrogens (tertiary/aromatic N) is 4. The average Bonchev–Trinajstić information content (AvgIpc) is 3.87. The highest BCUT2D eigenvalue weighted by atomic mass is 32.1. The Kier molecular flexibility index (Phi) is 6.12. The van der Waals surface area contributed by atoms with Crippen molar-refractivity contribution in [3.8, 4) is 5.69 Å². The summed E-state index contributed by atoms with van der Waals surface area (Å²) in [5.41, 5.74) is 7.82. The largest absolute Gasteiger partial charge is 0.344 e. The van der Waals surface area contributed by atoms with Gasteiger partial charge in [0.2, 0.25) is 5.96 Å². The molecule has 0 radical (unpaired) electrons. The molecule has 1 unspecified atom stereocenters. The van der Waals surface area contributed by atoms with E-state index in [1.54, 1.807) is 0 Å². The molecule has 0 bridgehead atoms. The fourth-order valence-electron chi connectivity index (χ4n) is 8.02. The maximum Gasteiger partial charge on any atom is 0.234 e. The van der Waals surface area contributed by atoms with Crippen molar-refractivity contribution < 1.29 is 0 Å². The molecule has 7 aromatic carbocycles. The zero-order chi connectivity index (χ0) is 33.5. The van der Waals surface area contributed by atoms with Gasteiger partial charge in [0, 0.05) is 48.3 Å². The summed E-state index contributed by atoms with van der Waals surface area (Å²) in [5.74, 6) is 1.46. The van der Waals surface area contributed by atoms with Crippen molar-refractivity contribution in [2.24, 2.45) is 9.98 Å². The Labute approximate surface area is 297 Å². The van der Waals surface area contributed by atoms with Crippen molar-refractivity contribution in [1.82, 2.24) is 14.5 Å². The molecule has 5 nitrogen and oxygen atoms in total. The highest BCUT2D eigenvalue weighted by Gasteiger charge is 2.29.